The predicted octanol–water partition coefficient (Wildman–Crippen LogP) is -0.681. The van der Waals surface area contributed by atoms with Crippen LogP contribution in [0.1, 0.15) is 19.8 Å². The maximum atomic E-state index is 11.0. The van der Waals surface area contributed by atoms with E-state index < -0.39 is 5.41 Å². The van der Waals surface area contributed by atoms with E-state index >= 15 is 0 Å². The van der Waals surface area contributed by atoms with Crippen molar-refractivity contribution in [2.24, 2.45) is 5.41 Å². The molecule has 0 aliphatic heterocycles. The highest BCUT2D eigenvalue weighted by Gasteiger charge is 2.30. The predicted molar refractivity (Wildman–Crippen MR) is 43.6 cm³/mol. The number of aliphatic hydroxyl groups is 3. The Labute approximate surface area is 71.8 Å². The summed E-state index contributed by atoms with van der Waals surface area (Å²) in [6, 6.07) is 0. The monoisotopic (exact) mass is 176 g/mol. The molecule has 0 aromatic carbocycles. The van der Waals surface area contributed by atoms with Gasteiger partial charge < -0.3 is 15.3 Å². The second kappa shape index (κ2) is 5.24. The van der Waals surface area contributed by atoms with E-state index in [-0.39, 0.29) is 32.0 Å². The summed E-state index contributed by atoms with van der Waals surface area (Å²) in [5.41, 5.74) is -1.03. The molecule has 0 atom stereocenters. The standard InChI is InChI=1S/C8H16O4/c1-2-7(12)3-8(4-9,5-10)6-11/h9-11H,2-6H2,1H3. The normalized spacial score (nSPS) is 11.7. The lowest BCUT2D eigenvalue weighted by molar-refractivity contribution is -0.124. The molecular formula is C8H16O4. The topological polar surface area (TPSA) is 77.8 Å². The van der Waals surface area contributed by atoms with Crippen molar-refractivity contribution in [3.05, 3.63) is 0 Å². The SMILES string of the molecule is CCC(=O)CC(CO)(CO)CO. The molecule has 4 heteroatoms. The minimum Gasteiger partial charge on any atom is -0.396 e. The van der Waals surface area contributed by atoms with Crippen molar-refractivity contribution in [2.45, 2.75) is 19.8 Å². The Hall–Kier alpha value is -0.450. The number of hydrogen-bond acceptors (Lipinski definition) is 4. The van der Waals surface area contributed by atoms with Crippen molar-refractivity contribution >= 4 is 5.78 Å². The van der Waals surface area contributed by atoms with Gasteiger partial charge in [0.2, 0.25) is 0 Å². The number of hydrogen-bond donors (Lipinski definition) is 3. The zero-order chi connectivity index (χ0) is 9.61. The number of Topliss-reactive ketones (excluding diaryl/α,β-unsaturated/α-hetero) is 1. The molecule has 3 N–H and O–H groups in total. The molecule has 0 radical (unpaired) electrons. The van der Waals surface area contributed by atoms with Gasteiger partial charge in [-0.3, -0.25) is 4.79 Å². The minimum atomic E-state index is -1.03. The molecule has 0 aromatic heterocycles. The van der Waals surface area contributed by atoms with Gasteiger partial charge in [0, 0.05) is 18.3 Å². The van der Waals surface area contributed by atoms with Crippen LogP contribution in [0.4, 0.5) is 0 Å². The molecule has 0 saturated heterocycles. The third-order valence-electron chi connectivity index (χ3n) is 1.97. The quantitative estimate of drug-likeness (QED) is 0.501. The van der Waals surface area contributed by atoms with Gasteiger partial charge in [-0.05, 0) is 0 Å². The van der Waals surface area contributed by atoms with Gasteiger partial charge in [0.15, 0.2) is 0 Å². The number of carbonyl (C=O) groups excluding carboxylic acids is 1. The molecule has 0 amide bonds. The summed E-state index contributed by atoms with van der Waals surface area (Å²) in [5, 5.41) is 26.5. The molecule has 0 spiro atoms. The number of carbonyl (C=O) groups is 1. The van der Waals surface area contributed by atoms with E-state index in [1.54, 1.807) is 6.92 Å². The molecule has 4 nitrogen and oxygen atoms in total. The van der Waals surface area contributed by atoms with E-state index in [2.05, 4.69) is 0 Å². The van der Waals surface area contributed by atoms with Crippen molar-refractivity contribution in [3.63, 3.8) is 0 Å². The van der Waals surface area contributed by atoms with Crippen LogP contribution in [0.5, 0.6) is 0 Å². The first-order chi connectivity index (χ1) is 5.64. The summed E-state index contributed by atoms with van der Waals surface area (Å²) in [6.07, 6.45) is 0.398. The maximum absolute atomic E-state index is 11.0. The van der Waals surface area contributed by atoms with Crippen LogP contribution in [0, 0.1) is 5.41 Å². The van der Waals surface area contributed by atoms with Crippen molar-refractivity contribution in [1.29, 1.82) is 0 Å². The number of rotatable bonds is 6. The first-order valence-electron chi connectivity index (χ1n) is 3.98. The molecule has 0 unspecified atom stereocenters. The largest absolute Gasteiger partial charge is 0.396 e. The van der Waals surface area contributed by atoms with Crippen LogP contribution in [-0.4, -0.2) is 40.9 Å². The molecule has 0 rings (SSSR count). The maximum Gasteiger partial charge on any atom is 0.133 e. The molecule has 0 fully saturated rings. The Balaban J connectivity index is 4.19. The molecule has 0 aliphatic carbocycles. The third kappa shape index (κ3) is 2.89. The fourth-order valence-electron chi connectivity index (χ4n) is 0.861. The summed E-state index contributed by atoms with van der Waals surface area (Å²) in [4.78, 5) is 11.0. The van der Waals surface area contributed by atoms with Crippen molar-refractivity contribution < 1.29 is 20.1 Å². The fourth-order valence-corrected chi connectivity index (χ4v) is 0.861. The van der Waals surface area contributed by atoms with E-state index in [9.17, 15) is 4.79 Å². The highest BCUT2D eigenvalue weighted by Crippen LogP contribution is 2.20. The number of ketones is 1. The van der Waals surface area contributed by atoms with Crippen LogP contribution in [0.15, 0.2) is 0 Å². The highest BCUT2D eigenvalue weighted by atomic mass is 16.3. The van der Waals surface area contributed by atoms with Gasteiger partial charge in [0.25, 0.3) is 0 Å². The van der Waals surface area contributed by atoms with Crippen LogP contribution in [-0.2, 0) is 4.79 Å². The van der Waals surface area contributed by atoms with Gasteiger partial charge >= 0.3 is 0 Å². The summed E-state index contributed by atoms with van der Waals surface area (Å²) in [7, 11) is 0. The lowest BCUT2D eigenvalue weighted by Crippen LogP contribution is -2.36. The summed E-state index contributed by atoms with van der Waals surface area (Å²) >= 11 is 0. The zero-order valence-corrected chi connectivity index (χ0v) is 7.29. The lowest BCUT2D eigenvalue weighted by atomic mass is 9.85. The summed E-state index contributed by atoms with van der Waals surface area (Å²) in [5.74, 6) is -0.0628. The molecule has 0 bridgehead atoms. The van der Waals surface area contributed by atoms with Crippen molar-refractivity contribution in [1.82, 2.24) is 0 Å². The smallest absolute Gasteiger partial charge is 0.133 e. The van der Waals surface area contributed by atoms with E-state index in [1.807, 2.05) is 0 Å². The molecule has 12 heavy (non-hydrogen) atoms. The van der Waals surface area contributed by atoms with Gasteiger partial charge in [0.1, 0.15) is 5.78 Å². The second-order valence-electron chi connectivity index (χ2n) is 3.04. The van der Waals surface area contributed by atoms with E-state index in [1.165, 1.54) is 0 Å². The average Bonchev–Trinajstić information content (AvgIpc) is 2.14. The second-order valence-corrected chi connectivity index (χ2v) is 3.04. The van der Waals surface area contributed by atoms with E-state index in [0.717, 1.165) is 0 Å². The first-order valence-corrected chi connectivity index (χ1v) is 3.98. The van der Waals surface area contributed by atoms with Gasteiger partial charge in [-0.15, -0.1) is 0 Å². The Kier molecular flexibility index (Phi) is 5.04. The Morgan fingerprint density at radius 3 is 1.83 bits per heavy atom. The van der Waals surface area contributed by atoms with Gasteiger partial charge in [-0.2, -0.15) is 0 Å². The van der Waals surface area contributed by atoms with Crippen LogP contribution in [0.25, 0.3) is 0 Å². The van der Waals surface area contributed by atoms with Gasteiger partial charge in [0.05, 0.1) is 19.8 Å². The molecule has 0 saturated carbocycles. The van der Waals surface area contributed by atoms with Gasteiger partial charge in [-0.1, -0.05) is 6.92 Å². The summed E-state index contributed by atoms with van der Waals surface area (Å²) < 4.78 is 0. The van der Waals surface area contributed by atoms with Crippen LogP contribution >= 0.6 is 0 Å². The van der Waals surface area contributed by atoms with E-state index in [4.69, 9.17) is 15.3 Å². The average molecular weight is 176 g/mol. The zero-order valence-electron chi connectivity index (χ0n) is 7.29. The molecule has 0 aliphatic rings. The Morgan fingerprint density at radius 1 is 1.17 bits per heavy atom. The number of aliphatic hydroxyl groups excluding tert-OH is 3. The molecule has 0 aromatic rings. The lowest BCUT2D eigenvalue weighted by Gasteiger charge is -2.25. The van der Waals surface area contributed by atoms with Crippen molar-refractivity contribution in [2.75, 3.05) is 19.8 Å². The fraction of sp³-hybridized carbons (Fsp3) is 0.875. The van der Waals surface area contributed by atoms with E-state index in [0.29, 0.717) is 6.42 Å². The van der Waals surface area contributed by atoms with Crippen molar-refractivity contribution in [3.8, 4) is 0 Å². The molecule has 0 heterocycles. The highest BCUT2D eigenvalue weighted by molar-refractivity contribution is 5.78. The first kappa shape index (κ1) is 11.6. The minimum absolute atomic E-state index is 0.0347. The Morgan fingerprint density at radius 2 is 1.58 bits per heavy atom. The molecular weight excluding hydrogens is 160 g/mol. The van der Waals surface area contributed by atoms with Crippen LogP contribution < -0.4 is 0 Å². The Bertz CT molecular complexity index is 132. The third-order valence-corrected chi connectivity index (χ3v) is 1.97. The van der Waals surface area contributed by atoms with Crippen LogP contribution in [0.3, 0.4) is 0 Å². The van der Waals surface area contributed by atoms with Gasteiger partial charge in [-0.25, -0.2) is 0 Å². The van der Waals surface area contributed by atoms with Crippen LogP contribution in [0.2, 0.25) is 0 Å². The molecule has 72 valence electrons. The summed E-state index contributed by atoms with van der Waals surface area (Å²) in [6.45, 7) is 0.600.